The smallest absolute Gasteiger partial charge is 0.117 e. The zero-order chi connectivity index (χ0) is 11.6. The SMILES string of the molecule is CN1CCC(F)(Cc2ccc(O)cc2)CC1. The zero-order valence-electron chi connectivity index (χ0n) is 9.62. The Morgan fingerprint density at radius 3 is 2.38 bits per heavy atom. The summed E-state index contributed by atoms with van der Waals surface area (Å²) in [5.74, 6) is 0.236. The first-order valence-electron chi connectivity index (χ1n) is 5.73. The molecule has 0 spiro atoms. The highest BCUT2D eigenvalue weighted by atomic mass is 19.1. The van der Waals surface area contributed by atoms with Gasteiger partial charge in [0.25, 0.3) is 0 Å². The molecule has 0 bridgehead atoms. The normalized spacial score (nSPS) is 20.9. The Morgan fingerprint density at radius 2 is 1.81 bits per heavy atom. The number of alkyl halides is 1. The minimum atomic E-state index is -1.07. The number of phenolic OH excluding ortho intramolecular Hbond substituents is 1. The van der Waals surface area contributed by atoms with E-state index in [0.717, 1.165) is 18.7 Å². The van der Waals surface area contributed by atoms with Gasteiger partial charge in [-0.15, -0.1) is 0 Å². The largest absolute Gasteiger partial charge is 0.508 e. The topological polar surface area (TPSA) is 23.5 Å². The van der Waals surface area contributed by atoms with Crippen LogP contribution in [0.4, 0.5) is 4.39 Å². The van der Waals surface area contributed by atoms with Crippen LogP contribution in [-0.4, -0.2) is 35.8 Å². The Hall–Kier alpha value is -1.09. The van der Waals surface area contributed by atoms with Gasteiger partial charge in [0.05, 0.1) is 0 Å². The highest BCUT2D eigenvalue weighted by Gasteiger charge is 2.33. The molecule has 0 radical (unpaired) electrons. The molecule has 1 fully saturated rings. The second-order valence-corrected chi connectivity index (χ2v) is 4.80. The van der Waals surface area contributed by atoms with Gasteiger partial charge in [-0.25, -0.2) is 4.39 Å². The quantitative estimate of drug-likeness (QED) is 0.832. The molecule has 0 aliphatic carbocycles. The van der Waals surface area contributed by atoms with Gasteiger partial charge in [-0.2, -0.15) is 0 Å². The number of benzene rings is 1. The van der Waals surface area contributed by atoms with Crippen molar-refractivity contribution >= 4 is 0 Å². The number of nitrogens with zero attached hydrogens (tertiary/aromatic N) is 1. The van der Waals surface area contributed by atoms with Crippen molar-refractivity contribution in [2.24, 2.45) is 0 Å². The van der Waals surface area contributed by atoms with Crippen LogP contribution >= 0.6 is 0 Å². The van der Waals surface area contributed by atoms with Gasteiger partial charge in [-0.3, -0.25) is 0 Å². The van der Waals surface area contributed by atoms with Crippen LogP contribution in [0.25, 0.3) is 0 Å². The average Bonchev–Trinajstić information content (AvgIpc) is 2.27. The van der Waals surface area contributed by atoms with Gasteiger partial charge in [-0.1, -0.05) is 12.1 Å². The van der Waals surface area contributed by atoms with Crippen molar-refractivity contribution in [1.29, 1.82) is 0 Å². The fraction of sp³-hybridized carbons (Fsp3) is 0.538. The van der Waals surface area contributed by atoms with E-state index in [1.807, 2.05) is 7.05 Å². The third kappa shape index (κ3) is 2.73. The molecular formula is C13H18FNO. The van der Waals surface area contributed by atoms with Crippen molar-refractivity contribution in [2.45, 2.75) is 24.9 Å². The number of aromatic hydroxyl groups is 1. The first-order chi connectivity index (χ1) is 7.57. The summed E-state index contributed by atoms with van der Waals surface area (Å²) in [6.07, 6.45) is 1.66. The van der Waals surface area contributed by atoms with E-state index in [2.05, 4.69) is 4.90 Å². The maximum absolute atomic E-state index is 14.4. The minimum absolute atomic E-state index is 0.236. The lowest BCUT2D eigenvalue weighted by Gasteiger charge is -2.34. The van der Waals surface area contributed by atoms with Gasteiger partial charge in [0, 0.05) is 19.5 Å². The predicted molar refractivity (Wildman–Crippen MR) is 62.4 cm³/mol. The molecule has 88 valence electrons. The average molecular weight is 223 g/mol. The van der Waals surface area contributed by atoms with Crippen LogP contribution < -0.4 is 0 Å². The van der Waals surface area contributed by atoms with Crippen LogP contribution in [0.2, 0.25) is 0 Å². The molecule has 2 rings (SSSR count). The number of piperidine rings is 1. The van der Waals surface area contributed by atoms with Crippen molar-refractivity contribution in [3.05, 3.63) is 29.8 Å². The molecule has 0 aromatic heterocycles. The van der Waals surface area contributed by atoms with Crippen LogP contribution in [0, 0.1) is 0 Å². The molecule has 2 nitrogen and oxygen atoms in total. The van der Waals surface area contributed by atoms with Gasteiger partial charge in [0.1, 0.15) is 11.4 Å². The second kappa shape index (κ2) is 4.42. The van der Waals surface area contributed by atoms with E-state index in [0.29, 0.717) is 19.3 Å². The van der Waals surface area contributed by atoms with Crippen LogP contribution in [0.15, 0.2) is 24.3 Å². The van der Waals surface area contributed by atoms with Gasteiger partial charge in [0.15, 0.2) is 0 Å². The third-order valence-corrected chi connectivity index (χ3v) is 3.34. The van der Waals surface area contributed by atoms with E-state index in [4.69, 9.17) is 5.11 Å². The van der Waals surface area contributed by atoms with Crippen molar-refractivity contribution in [3.63, 3.8) is 0 Å². The summed E-state index contributed by atoms with van der Waals surface area (Å²) in [4.78, 5) is 2.16. The maximum atomic E-state index is 14.4. The lowest BCUT2D eigenvalue weighted by molar-refractivity contribution is 0.0697. The van der Waals surface area contributed by atoms with Crippen LogP contribution in [0.1, 0.15) is 18.4 Å². The number of likely N-dealkylation sites (tertiary alicyclic amines) is 1. The molecule has 1 aliphatic heterocycles. The van der Waals surface area contributed by atoms with Crippen molar-refractivity contribution in [2.75, 3.05) is 20.1 Å². The van der Waals surface area contributed by atoms with E-state index in [-0.39, 0.29) is 5.75 Å². The molecule has 0 atom stereocenters. The standard InChI is InChI=1S/C13H18FNO/c1-15-8-6-13(14,7-9-15)10-11-2-4-12(16)5-3-11/h2-5,16H,6-10H2,1H3. The Kier molecular flexibility index (Phi) is 3.15. The summed E-state index contributed by atoms with van der Waals surface area (Å²) in [6, 6.07) is 6.84. The summed E-state index contributed by atoms with van der Waals surface area (Å²) in [7, 11) is 2.03. The molecule has 16 heavy (non-hydrogen) atoms. The maximum Gasteiger partial charge on any atom is 0.117 e. The van der Waals surface area contributed by atoms with Crippen LogP contribution in [0.3, 0.4) is 0 Å². The molecule has 0 amide bonds. The predicted octanol–water partition coefficient (Wildman–Crippen LogP) is 2.37. The fourth-order valence-corrected chi connectivity index (χ4v) is 2.18. The molecule has 1 N–H and O–H groups in total. The zero-order valence-corrected chi connectivity index (χ0v) is 9.62. The summed E-state index contributed by atoms with van der Waals surface area (Å²) in [5.41, 5.74) is -0.103. The molecule has 3 heteroatoms. The Bertz CT molecular complexity index is 341. The summed E-state index contributed by atoms with van der Waals surface area (Å²) in [6.45, 7) is 1.66. The Labute approximate surface area is 95.7 Å². The number of rotatable bonds is 2. The van der Waals surface area contributed by atoms with Gasteiger partial charge >= 0.3 is 0 Å². The molecule has 0 saturated carbocycles. The number of phenols is 1. The lowest BCUT2D eigenvalue weighted by Crippen LogP contribution is -2.41. The molecule has 1 aromatic rings. The van der Waals surface area contributed by atoms with E-state index in [1.54, 1.807) is 24.3 Å². The first kappa shape index (κ1) is 11.4. The molecule has 1 heterocycles. The monoisotopic (exact) mass is 223 g/mol. The van der Waals surface area contributed by atoms with Crippen molar-refractivity contribution in [3.8, 4) is 5.75 Å². The van der Waals surface area contributed by atoms with E-state index in [9.17, 15) is 4.39 Å². The number of halogens is 1. The second-order valence-electron chi connectivity index (χ2n) is 4.80. The summed E-state index contributed by atoms with van der Waals surface area (Å²) >= 11 is 0. The van der Waals surface area contributed by atoms with E-state index >= 15 is 0 Å². The summed E-state index contributed by atoms with van der Waals surface area (Å²) < 4.78 is 14.4. The highest BCUT2D eigenvalue weighted by Crippen LogP contribution is 2.30. The lowest BCUT2D eigenvalue weighted by atomic mass is 9.87. The van der Waals surface area contributed by atoms with Crippen molar-refractivity contribution < 1.29 is 9.50 Å². The first-order valence-corrected chi connectivity index (χ1v) is 5.73. The van der Waals surface area contributed by atoms with Crippen LogP contribution in [-0.2, 0) is 6.42 Å². The minimum Gasteiger partial charge on any atom is -0.508 e. The van der Waals surface area contributed by atoms with Gasteiger partial charge in [0.2, 0.25) is 0 Å². The number of hydrogen-bond acceptors (Lipinski definition) is 2. The molecular weight excluding hydrogens is 205 g/mol. The van der Waals surface area contributed by atoms with Crippen molar-refractivity contribution in [1.82, 2.24) is 4.90 Å². The highest BCUT2D eigenvalue weighted by molar-refractivity contribution is 5.27. The van der Waals surface area contributed by atoms with Gasteiger partial charge in [-0.05, 0) is 37.6 Å². The van der Waals surface area contributed by atoms with E-state index in [1.165, 1.54) is 0 Å². The van der Waals surface area contributed by atoms with Gasteiger partial charge < -0.3 is 10.0 Å². The number of hydrogen-bond donors (Lipinski definition) is 1. The molecule has 1 aromatic carbocycles. The fourth-order valence-electron chi connectivity index (χ4n) is 2.18. The van der Waals surface area contributed by atoms with Crippen LogP contribution in [0.5, 0.6) is 5.75 Å². The molecule has 1 saturated heterocycles. The third-order valence-electron chi connectivity index (χ3n) is 3.34. The van der Waals surface area contributed by atoms with E-state index < -0.39 is 5.67 Å². The Balaban J connectivity index is 2.00. The Morgan fingerprint density at radius 1 is 1.25 bits per heavy atom. The molecule has 0 unspecified atom stereocenters. The summed E-state index contributed by atoms with van der Waals surface area (Å²) in [5, 5.41) is 9.16. The molecule has 1 aliphatic rings.